The summed E-state index contributed by atoms with van der Waals surface area (Å²) in [5, 5.41) is 7.41. The molecule has 1 aromatic rings. The predicted molar refractivity (Wildman–Crippen MR) is 70.5 cm³/mol. The van der Waals surface area contributed by atoms with Gasteiger partial charge >= 0.3 is 0 Å². The standard InChI is InChI=1S/C13H20N4/c1-17(10-5-3-2-4-6-10)11-7-8-16-12(9-11)13(14)15/h7-10H,2-6H2,1H3,(H3,14,15). The fraction of sp³-hybridized carbons (Fsp3) is 0.538. The molecule has 0 bridgehead atoms. The van der Waals surface area contributed by atoms with E-state index in [-0.39, 0.29) is 5.84 Å². The number of rotatable bonds is 3. The molecular weight excluding hydrogens is 212 g/mol. The number of nitrogens with one attached hydrogen (secondary N) is 1. The number of pyridine rings is 1. The fourth-order valence-corrected chi connectivity index (χ4v) is 2.47. The molecular formula is C13H20N4. The van der Waals surface area contributed by atoms with E-state index in [1.165, 1.54) is 32.1 Å². The van der Waals surface area contributed by atoms with Gasteiger partial charge in [0.2, 0.25) is 0 Å². The van der Waals surface area contributed by atoms with Gasteiger partial charge in [0.1, 0.15) is 11.5 Å². The lowest BCUT2D eigenvalue weighted by Gasteiger charge is -2.33. The van der Waals surface area contributed by atoms with E-state index in [4.69, 9.17) is 11.1 Å². The molecule has 17 heavy (non-hydrogen) atoms. The number of amidine groups is 1. The van der Waals surface area contributed by atoms with Gasteiger partial charge in [-0.25, -0.2) is 0 Å². The van der Waals surface area contributed by atoms with Gasteiger partial charge in [-0.05, 0) is 25.0 Å². The average Bonchev–Trinajstić information content (AvgIpc) is 2.39. The first-order valence-corrected chi connectivity index (χ1v) is 6.22. The number of nitrogens with two attached hydrogens (primary N) is 1. The van der Waals surface area contributed by atoms with E-state index in [1.807, 2.05) is 12.1 Å². The number of hydrogen-bond acceptors (Lipinski definition) is 3. The van der Waals surface area contributed by atoms with Crippen LogP contribution in [0.15, 0.2) is 18.3 Å². The first-order chi connectivity index (χ1) is 8.18. The lowest BCUT2D eigenvalue weighted by molar-refractivity contribution is 0.427. The minimum absolute atomic E-state index is 0.0314. The second kappa shape index (κ2) is 5.17. The molecule has 0 aromatic carbocycles. The van der Waals surface area contributed by atoms with E-state index < -0.39 is 0 Å². The highest BCUT2D eigenvalue weighted by Gasteiger charge is 2.18. The van der Waals surface area contributed by atoms with Crippen molar-refractivity contribution in [1.82, 2.24) is 4.98 Å². The van der Waals surface area contributed by atoms with Crippen LogP contribution < -0.4 is 10.6 Å². The Labute approximate surface area is 102 Å². The first kappa shape index (κ1) is 11.9. The molecule has 0 unspecified atom stereocenters. The highest BCUT2D eigenvalue weighted by atomic mass is 15.1. The highest BCUT2D eigenvalue weighted by Crippen LogP contribution is 2.25. The summed E-state index contributed by atoms with van der Waals surface area (Å²) in [6, 6.07) is 4.50. The molecule has 92 valence electrons. The Balaban J connectivity index is 2.14. The number of aromatic nitrogens is 1. The molecule has 0 amide bonds. The van der Waals surface area contributed by atoms with Gasteiger partial charge in [-0.3, -0.25) is 10.4 Å². The molecule has 1 saturated carbocycles. The van der Waals surface area contributed by atoms with Crippen molar-refractivity contribution in [1.29, 1.82) is 5.41 Å². The second-order valence-electron chi connectivity index (χ2n) is 4.72. The van der Waals surface area contributed by atoms with Crippen molar-refractivity contribution in [2.45, 2.75) is 38.1 Å². The SMILES string of the molecule is CN(c1ccnc(C(=N)N)c1)C1CCCCC1. The van der Waals surface area contributed by atoms with Gasteiger partial charge in [-0.1, -0.05) is 19.3 Å². The molecule has 1 heterocycles. The smallest absolute Gasteiger partial charge is 0.141 e. The molecule has 0 atom stereocenters. The normalized spacial score (nSPS) is 16.8. The Bertz CT molecular complexity index is 396. The van der Waals surface area contributed by atoms with Gasteiger partial charge in [0.25, 0.3) is 0 Å². The quantitative estimate of drug-likeness (QED) is 0.620. The fourth-order valence-electron chi connectivity index (χ4n) is 2.47. The monoisotopic (exact) mass is 232 g/mol. The van der Waals surface area contributed by atoms with E-state index in [0.717, 1.165) is 5.69 Å². The van der Waals surface area contributed by atoms with Crippen LogP contribution in [0.2, 0.25) is 0 Å². The second-order valence-corrected chi connectivity index (χ2v) is 4.72. The van der Waals surface area contributed by atoms with Crippen LogP contribution in [0.3, 0.4) is 0 Å². The van der Waals surface area contributed by atoms with Gasteiger partial charge in [0.15, 0.2) is 0 Å². The Morgan fingerprint density at radius 3 is 2.76 bits per heavy atom. The summed E-state index contributed by atoms with van der Waals surface area (Å²) in [6.07, 6.45) is 8.24. The van der Waals surface area contributed by atoms with Crippen LogP contribution in [0.1, 0.15) is 37.8 Å². The van der Waals surface area contributed by atoms with Crippen LogP contribution in [0.4, 0.5) is 5.69 Å². The van der Waals surface area contributed by atoms with E-state index >= 15 is 0 Å². The first-order valence-electron chi connectivity index (χ1n) is 6.22. The van der Waals surface area contributed by atoms with E-state index in [1.54, 1.807) is 6.20 Å². The van der Waals surface area contributed by atoms with Crippen molar-refractivity contribution in [2.24, 2.45) is 5.73 Å². The van der Waals surface area contributed by atoms with Crippen molar-refractivity contribution < 1.29 is 0 Å². The largest absolute Gasteiger partial charge is 0.382 e. The van der Waals surface area contributed by atoms with Crippen molar-refractivity contribution in [2.75, 3.05) is 11.9 Å². The lowest BCUT2D eigenvalue weighted by Crippen LogP contribution is -2.33. The van der Waals surface area contributed by atoms with E-state index in [0.29, 0.717) is 11.7 Å². The van der Waals surface area contributed by atoms with Crippen LogP contribution in [-0.4, -0.2) is 23.9 Å². The Hall–Kier alpha value is -1.58. The number of anilines is 1. The molecule has 1 aromatic heterocycles. The van der Waals surface area contributed by atoms with Crippen LogP contribution in [0.25, 0.3) is 0 Å². The Kier molecular flexibility index (Phi) is 3.61. The molecule has 2 rings (SSSR count). The zero-order valence-electron chi connectivity index (χ0n) is 10.3. The van der Waals surface area contributed by atoms with Gasteiger partial charge in [-0.15, -0.1) is 0 Å². The summed E-state index contributed by atoms with van der Waals surface area (Å²) in [7, 11) is 2.12. The highest BCUT2D eigenvalue weighted by molar-refractivity contribution is 5.93. The molecule has 1 fully saturated rings. The van der Waals surface area contributed by atoms with E-state index in [2.05, 4.69) is 16.9 Å². The van der Waals surface area contributed by atoms with Crippen molar-refractivity contribution in [3.05, 3.63) is 24.0 Å². The molecule has 0 saturated heterocycles. The predicted octanol–water partition coefficient (Wildman–Crippen LogP) is 2.13. The summed E-state index contributed by atoms with van der Waals surface area (Å²) in [4.78, 5) is 6.39. The summed E-state index contributed by atoms with van der Waals surface area (Å²) in [5.41, 5.74) is 7.13. The van der Waals surface area contributed by atoms with Crippen molar-refractivity contribution in [3.8, 4) is 0 Å². The molecule has 0 radical (unpaired) electrons. The van der Waals surface area contributed by atoms with Gasteiger partial charge in [0, 0.05) is 25.0 Å². The maximum absolute atomic E-state index is 7.41. The minimum atomic E-state index is 0.0314. The van der Waals surface area contributed by atoms with Gasteiger partial charge < -0.3 is 10.6 Å². The zero-order valence-corrected chi connectivity index (χ0v) is 10.3. The lowest BCUT2D eigenvalue weighted by atomic mass is 9.94. The maximum atomic E-state index is 7.41. The van der Waals surface area contributed by atoms with Gasteiger partial charge in [-0.2, -0.15) is 0 Å². The molecule has 0 spiro atoms. The molecule has 1 aliphatic carbocycles. The minimum Gasteiger partial charge on any atom is -0.382 e. The number of nitrogens with zero attached hydrogens (tertiary/aromatic N) is 2. The van der Waals surface area contributed by atoms with Gasteiger partial charge in [0.05, 0.1) is 0 Å². The third-order valence-corrected chi connectivity index (χ3v) is 3.55. The third-order valence-electron chi connectivity index (χ3n) is 3.55. The summed E-state index contributed by atoms with van der Waals surface area (Å²) < 4.78 is 0. The topological polar surface area (TPSA) is 66.0 Å². The van der Waals surface area contributed by atoms with Crippen LogP contribution in [-0.2, 0) is 0 Å². The zero-order chi connectivity index (χ0) is 12.3. The maximum Gasteiger partial charge on any atom is 0.141 e. The van der Waals surface area contributed by atoms with Crippen molar-refractivity contribution in [3.63, 3.8) is 0 Å². The Morgan fingerprint density at radius 2 is 2.12 bits per heavy atom. The third kappa shape index (κ3) is 2.75. The molecule has 0 aliphatic heterocycles. The molecule has 4 nitrogen and oxygen atoms in total. The summed E-state index contributed by atoms with van der Waals surface area (Å²) in [5.74, 6) is 0.0314. The summed E-state index contributed by atoms with van der Waals surface area (Å²) >= 11 is 0. The van der Waals surface area contributed by atoms with Crippen LogP contribution >= 0.6 is 0 Å². The van der Waals surface area contributed by atoms with E-state index in [9.17, 15) is 0 Å². The van der Waals surface area contributed by atoms with Crippen LogP contribution in [0.5, 0.6) is 0 Å². The Morgan fingerprint density at radius 1 is 1.41 bits per heavy atom. The number of hydrogen-bond donors (Lipinski definition) is 2. The molecule has 4 heteroatoms. The number of nitrogen functional groups attached to an aromatic ring is 1. The average molecular weight is 232 g/mol. The molecule has 3 N–H and O–H groups in total. The molecule has 1 aliphatic rings. The van der Waals surface area contributed by atoms with Crippen LogP contribution in [0, 0.1) is 5.41 Å². The summed E-state index contributed by atoms with van der Waals surface area (Å²) in [6.45, 7) is 0. The van der Waals surface area contributed by atoms with Crippen molar-refractivity contribution >= 4 is 11.5 Å².